The van der Waals surface area contributed by atoms with Crippen molar-refractivity contribution in [3.63, 3.8) is 0 Å². The fourth-order valence-electron chi connectivity index (χ4n) is 7.64. The summed E-state index contributed by atoms with van der Waals surface area (Å²) in [6.45, 7) is 4.20. The third kappa shape index (κ3) is 7.59. The quantitative estimate of drug-likeness (QED) is 0.0817. The topological polar surface area (TPSA) is 119 Å². The first-order valence-electron chi connectivity index (χ1n) is 19.7. The Morgan fingerprint density at radius 3 is 2.00 bits per heavy atom. The monoisotopic (exact) mass is 770 g/mol. The summed E-state index contributed by atoms with van der Waals surface area (Å²) < 4.78 is 0. The molecule has 0 saturated heterocycles. The standard InChI is InChI=1S/C51H42N6O2/c1-32-10-23-40(24-11-32)57(41-25-12-33(2)13-26-41)42-27-16-34(17-28-42)14-15-35-6-5-7-39(30-35)53-51(59)45-31-36-18-29-44-43-8-3-4-9-46(43)54-48(44)47(36)49(50(45)58)56-55-38-21-19-37(52)20-22-38/h3-13,16-31,54,58H,14-15,52H2,1-2H3,(H,53,59). The number of nitrogen functional groups attached to an aromatic ring is 1. The van der Waals surface area contributed by atoms with Gasteiger partial charge in [-0.15, -0.1) is 5.11 Å². The summed E-state index contributed by atoms with van der Waals surface area (Å²) in [6, 6.07) is 54.5. The van der Waals surface area contributed by atoms with Crippen molar-refractivity contribution in [1.82, 2.24) is 4.98 Å². The Labute approximate surface area is 342 Å². The average molecular weight is 771 g/mol. The number of aromatic hydroxyl groups is 1. The Kier molecular flexibility index (Phi) is 9.80. The van der Waals surface area contributed by atoms with Gasteiger partial charge in [0.2, 0.25) is 0 Å². The number of azo groups is 1. The number of benzene rings is 8. The third-order valence-corrected chi connectivity index (χ3v) is 10.8. The molecule has 0 unspecified atom stereocenters. The van der Waals surface area contributed by atoms with Gasteiger partial charge in [0.15, 0.2) is 5.75 Å². The van der Waals surface area contributed by atoms with Crippen LogP contribution in [0.1, 0.15) is 32.6 Å². The number of fused-ring (bicyclic) bond motifs is 5. The van der Waals surface area contributed by atoms with Crippen LogP contribution in [0.5, 0.6) is 5.75 Å². The number of phenols is 1. The second kappa shape index (κ2) is 15.7. The Morgan fingerprint density at radius 2 is 1.31 bits per heavy atom. The maximum absolute atomic E-state index is 14.0. The van der Waals surface area contributed by atoms with Crippen LogP contribution in [0.3, 0.4) is 0 Å². The number of para-hydroxylation sites is 1. The molecule has 0 bridgehead atoms. The van der Waals surface area contributed by atoms with E-state index in [1.54, 1.807) is 30.3 Å². The van der Waals surface area contributed by atoms with Crippen molar-refractivity contribution in [2.45, 2.75) is 26.7 Å². The number of nitrogens with two attached hydrogens (primary N) is 1. The summed E-state index contributed by atoms with van der Waals surface area (Å²) in [5.41, 5.74) is 17.8. The number of anilines is 5. The van der Waals surface area contributed by atoms with Gasteiger partial charge in [-0.1, -0.05) is 90.0 Å². The van der Waals surface area contributed by atoms with Crippen LogP contribution in [0.15, 0.2) is 174 Å². The minimum absolute atomic E-state index is 0.0926. The van der Waals surface area contributed by atoms with E-state index in [2.05, 4.69) is 124 Å². The van der Waals surface area contributed by atoms with E-state index in [-0.39, 0.29) is 17.0 Å². The highest BCUT2D eigenvalue weighted by Crippen LogP contribution is 2.44. The molecule has 9 aromatic rings. The summed E-state index contributed by atoms with van der Waals surface area (Å²) in [4.78, 5) is 19.8. The minimum Gasteiger partial charge on any atom is -0.505 e. The predicted molar refractivity (Wildman–Crippen MR) is 242 cm³/mol. The molecule has 288 valence electrons. The SMILES string of the molecule is Cc1ccc(N(c2ccc(C)cc2)c2ccc(CCc3cccc(NC(=O)c4cc5ccc6c7ccccc7[nH]c6c5c(N=Nc5ccc(N)cc5)c4O)c3)cc2)cc1. The number of nitrogens with one attached hydrogen (secondary N) is 2. The van der Waals surface area contributed by atoms with Crippen LogP contribution in [0.2, 0.25) is 0 Å². The first kappa shape index (κ1) is 36.9. The van der Waals surface area contributed by atoms with Gasteiger partial charge >= 0.3 is 0 Å². The Bertz CT molecular complexity index is 2960. The highest BCUT2D eigenvalue weighted by Gasteiger charge is 2.22. The summed E-state index contributed by atoms with van der Waals surface area (Å²) in [5, 5.41) is 27.3. The van der Waals surface area contributed by atoms with Crippen molar-refractivity contribution in [2.75, 3.05) is 16.0 Å². The maximum atomic E-state index is 14.0. The number of H-pyrrole nitrogens is 1. The van der Waals surface area contributed by atoms with E-state index in [0.717, 1.165) is 62.7 Å². The summed E-state index contributed by atoms with van der Waals surface area (Å²) in [5.74, 6) is -0.715. The number of hydrogen-bond donors (Lipinski definition) is 4. The molecule has 5 N–H and O–H groups in total. The van der Waals surface area contributed by atoms with Crippen molar-refractivity contribution < 1.29 is 9.90 Å². The lowest BCUT2D eigenvalue weighted by Gasteiger charge is -2.26. The lowest BCUT2D eigenvalue weighted by Crippen LogP contribution is -2.12. The molecule has 0 spiro atoms. The number of amides is 1. The molecule has 8 nitrogen and oxygen atoms in total. The van der Waals surface area contributed by atoms with E-state index >= 15 is 0 Å². The number of aryl methyl sites for hydroxylation is 4. The molecular weight excluding hydrogens is 729 g/mol. The van der Waals surface area contributed by atoms with Crippen LogP contribution in [0.25, 0.3) is 32.6 Å². The van der Waals surface area contributed by atoms with E-state index < -0.39 is 5.91 Å². The number of carbonyl (C=O) groups is 1. The number of phenolic OH excluding ortho intramolecular Hbond substituents is 1. The van der Waals surface area contributed by atoms with Crippen LogP contribution in [-0.4, -0.2) is 16.0 Å². The van der Waals surface area contributed by atoms with E-state index in [1.165, 1.54) is 16.7 Å². The Balaban J connectivity index is 0.965. The van der Waals surface area contributed by atoms with Crippen molar-refractivity contribution in [2.24, 2.45) is 10.2 Å². The first-order valence-corrected chi connectivity index (χ1v) is 19.7. The zero-order valence-electron chi connectivity index (χ0n) is 32.8. The summed E-state index contributed by atoms with van der Waals surface area (Å²) >= 11 is 0. The molecular formula is C51H42N6O2. The van der Waals surface area contributed by atoms with Gasteiger partial charge in [-0.2, -0.15) is 5.11 Å². The van der Waals surface area contributed by atoms with Crippen molar-refractivity contribution in [1.29, 1.82) is 0 Å². The minimum atomic E-state index is -0.454. The largest absolute Gasteiger partial charge is 0.505 e. The van der Waals surface area contributed by atoms with Crippen molar-refractivity contribution >= 4 is 78.3 Å². The number of aromatic nitrogens is 1. The molecule has 0 fully saturated rings. The molecule has 0 radical (unpaired) electrons. The van der Waals surface area contributed by atoms with E-state index in [9.17, 15) is 9.90 Å². The van der Waals surface area contributed by atoms with Gasteiger partial charge in [-0.05, 0) is 128 Å². The molecule has 1 aromatic heterocycles. The number of rotatable bonds is 10. The van der Waals surface area contributed by atoms with Gasteiger partial charge in [0, 0.05) is 50.1 Å². The number of aromatic amines is 1. The first-order chi connectivity index (χ1) is 28.8. The van der Waals surface area contributed by atoms with Crippen LogP contribution in [0, 0.1) is 13.8 Å². The van der Waals surface area contributed by atoms with E-state index in [1.807, 2.05) is 48.5 Å². The lowest BCUT2D eigenvalue weighted by atomic mass is 10.00. The smallest absolute Gasteiger partial charge is 0.259 e. The second-order valence-electron chi connectivity index (χ2n) is 15.0. The highest BCUT2D eigenvalue weighted by molar-refractivity contribution is 6.22. The number of hydrogen-bond acceptors (Lipinski definition) is 6. The van der Waals surface area contributed by atoms with Crippen LogP contribution in [0.4, 0.5) is 39.8 Å². The molecule has 8 heteroatoms. The van der Waals surface area contributed by atoms with Crippen LogP contribution >= 0.6 is 0 Å². The highest BCUT2D eigenvalue weighted by atomic mass is 16.3. The van der Waals surface area contributed by atoms with Gasteiger partial charge < -0.3 is 26.0 Å². The van der Waals surface area contributed by atoms with Gasteiger partial charge in [0.25, 0.3) is 5.91 Å². The summed E-state index contributed by atoms with van der Waals surface area (Å²) in [6.07, 6.45) is 1.60. The number of nitrogens with zero attached hydrogens (tertiary/aromatic N) is 3. The molecule has 0 aliphatic rings. The van der Waals surface area contributed by atoms with Crippen LogP contribution < -0.4 is 16.0 Å². The molecule has 1 amide bonds. The van der Waals surface area contributed by atoms with E-state index in [0.29, 0.717) is 22.4 Å². The van der Waals surface area contributed by atoms with E-state index in [4.69, 9.17) is 5.73 Å². The van der Waals surface area contributed by atoms with Gasteiger partial charge in [0.05, 0.1) is 16.8 Å². The fourth-order valence-corrected chi connectivity index (χ4v) is 7.64. The molecule has 0 atom stereocenters. The maximum Gasteiger partial charge on any atom is 0.259 e. The third-order valence-electron chi connectivity index (χ3n) is 10.8. The zero-order chi connectivity index (χ0) is 40.5. The fraction of sp³-hybridized carbons (Fsp3) is 0.0784. The molecule has 0 aliphatic heterocycles. The number of carbonyl (C=O) groups excluding carboxylic acids is 1. The lowest BCUT2D eigenvalue weighted by molar-refractivity contribution is 0.102. The molecule has 0 saturated carbocycles. The van der Waals surface area contributed by atoms with Gasteiger partial charge in [-0.25, -0.2) is 0 Å². The van der Waals surface area contributed by atoms with Gasteiger partial charge in [-0.3, -0.25) is 4.79 Å². The van der Waals surface area contributed by atoms with Crippen LogP contribution in [-0.2, 0) is 12.8 Å². The molecule has 0 aliphatic carbocycles. The second-order valence-corrected chi connectivity index (χ2v) is 15.0. The summed E-state index contributed by atoms with van der Waals surface area (Å²) in [7, 11) is 0. The molecule has 8 aromatic carbocycles. The van der Waals surface area contributed by atoms with Crippen molar-refractivity contribution in [3.8, 4) is 5.75 Å². The Hall–Kier alpha value is -7.71. The molecule has 59 heavy (non-hydrogen) atoms. The van der Waals surface area contributed by atoms with Crippen molar-refractivity contribution in [3.05, 3.63) is 192 Å². The predicted octanol–water partition coefficient (Wildman–Crippen LogP) is 13.3. The molecule has 9 rings (SSSR count). The van der Waals surface area contributed by atoms with Gasteiger partial charge in [0.1, 0.15) is 5.69 Å². The Morgan fingerprint density at radius 1 is 0.661 bits per heavy atom. The normalized spacial score (nSPS) is 11.5. The zero-order valence-corrected chi connectivity index (χ0v) is 32.8. The molecule has 1 heterocycles. The average Bonchev–Trinajstić information content (AvgIpc) is 3.64.